The molecule has 0 amide bonds. The number of ether oxygens (including phenoxy) is 1. The van der Waals surface area contributed by atoms with Gasteiger partial charge in [-0.3, -0.25) is 0 Å². The molecule has 86 valence electrons. The minimum Gasteiger partial charge on any atom is -0.373 e. The molecule has 1 aromatic heterocycles. The number of nitrogens with zero attached hydrogens (tertiary/aromatic N) is 1. The van der Waals surface area contributed by atoms with Crippen LogP contribution >= 0.6 is 0 Å². The topological polar surface area (TPSA) is 35.3 Å². The van der Waals surface area contributed by atoms with Gasteiger partial charge in [0.25, 0.3) is 0 Å². The smallest absolute Gasteiger partial charge is 0.162 e. The molecule has 1 aromatic rings. The van der Waals surface area contributed by atoms with Crippen LogP contribution in [0.25, 0.3) is 0 Å². The summed E-state index contributed by atoms with van der Waals surface area (Å²) in [5, 5.41) is 4.00. The first-order valence-corrected chi connectivity index (χ1v) is 5.60. The van der Waals surface area contributed by atoms with Gasteiger partial charge in [-0.25, -0.2) is 0 Å². The van der Waals surface area contributed by atoms with E-state index in [2.05, 4.69) is 32.9 Å². The third-order valence-corrected chi connectivity index (χ3v) is 1.92. The van der Waals surface area contributed by atoms with E-state index in [1.165, 1.54) is 0 Å². The zero-order valence-electron chi connectivity index (χ0n) is 10.1. The Balaban J connectivity index is 2.33. The van der Waals surface area contributed by atoms with Crippen molar-refractivity contribution in [1.29, 1.82) is 0 Å². The molecule has 3 heteroatoms. The van der Waals surface area contributed by atoms with Crippen molar-refractivity contribution in [1.82, 2.24) is 5.16 Å². The van der Waals surface area contributed by atoms with Gasteiger partial charge in [-0.15, -0.1) is 0 Å². The van der Waals surface area contributed by atoms with E-state index in [9.17, 15) is 0 Å². The first kappa shape index (κ1) is 12.2. The molecule has 0 saturated carbocycles. The largest absolute Gasteiger partial charge is 0.373 e. The van der Waals surface area contributed by atoms with E-state index in [1.54, 1.807) is 0 Å². The number of aromatic nitrogens is 1. The Morgan fingerprint density at radius 3 is 2.60 bits per heavy atom. The van der Waals surface area contributed by atoms with E-state index in [0.717, 1.165) is 24.5 Å². The van der Waals surface area contributed by atoms with Crippen molar-refractivity contribution < 1.29 is 9.26 Å². The normalized spacial score (nSPS) is 11.6. The molecule has 0 atom stereocenters. The van der Waals surface area contributed by atoms with Crippen LogP contribution in [0.15, 0.2) is 10.6 Å². The Hall–Kier alpha value is -0.830. The summed E-state index contributed by atoms with van der Waals surface area (Å²) in [6.45, 7) is 9.89. The lowest BCUT2D eigenvalue weighted by molar-refractivity contribution is 0.0805. The summed E-state index contributed by atoms with van der Waals surface area (Å²) in [4.78, 5) is 0. The molecule has 0 radical (unpaired) electrons. The van der Waals surface area contributed by atoms with Crippen molar-refractivity contribution in [2.24, 2.45) is 11.8 Å². The van der Waals surface area contributed by atoms with Gasteiger partial charge >= 0.3 is 0 Å². The zero-order valence-corrected chi connectivity index (χ0v) is 10.1. The van der Waals surface area contributed by atoms with Gasteiger partial charge in [0, 0.05) is 12.7 Å². The van der Waals surface area contributed by atoms with Crippen LogP contribution in [-0.4, -0.2) is 11.8 Å². The van der Waals surface area contributed by atoms with Crippen molar-refractivity contribution in [2.45, 2.75) is 40.7 Å². The Morgan fingerprint density at radius 2 is 2.00 bits per heavy atom. The predicted molar refractivity (Wildman–Crippen MR) is 59.5 cm³/mol. The highest BCUT2D eigenvalue weighted by molar-refractivity contribution is 5.04. The van der Waals surface area contributed by atoms with Gasteiger partial charge < -0.3 is 9.26 Å². The van der Waals surface area contributed by atoms with Gasteiger partial charge in [0.1, 0.15) is 6.61 Å². The monoisotopic (exact) mass is 211 g/mol. The summed E-state index contributed by atoms with van der Waals surface area (Å²) < 4.78 is 10.6. The third kappa shape index (κ3) is 4.98. The first-order chi connectivity index (χ1) is 7.08. The first-order valence-electron chi connectivity index (χ1n) is 5.60. The Morgan fingerprint density at radius 1 is 1.27 bits per heavy atom. The molecular weight excluding hydrogens is 190 g/mol. The molecule has 0 fully saturated rings. The lowest BCUT2D eigenvalue weighted by atomic mass is 10.1. The van der Waals surface area contributed by atoms with E-state index >= 15 is 0 Å². The lowest BCUT2D eigenvalue weighted by Crippen LogP contribution is -2.01. The molecule has 0 aliphatic carbocycles. The van der Waals surface area contributed by atoms with Crippen LogP contribution in [0.1, 0.15) is 39.1 Å². The molecule has 0 N–H and O–H groups in total. The third-order valence-electron chi connectivity index (χ3n) is 1.92. The minimum atomic E-state index is 0.531. The van der Waals surface area contributed by atoms with Crippen LogP contribution in [0.3, 0.4) is 0 Å². The lowest BCUT2D eigenvalue weighted by Gasteiger charge is -2.03. The van der Waals surface area contributed by atoms with Gasteiger partial charge in [-0.05, 0) is 18.3 Å². The maximum atomic E-state index is 5.47. The predicted octanol–water partition coefficient (Wildman–Crippen LogP) is 3.05. The second kappa shape index (κ2) is 5.91. The average molecular weight is 211 g/mol. The number of rotatable bonds is 6. The molecule has 3 nitrogen and oxygen atoms in total. The van der Waals surface area contributed by atoms with Crippen molar-refractivity contribution >= 4 is 0 Å². The van der Waals surface area contributed by atoms with Crippen molar-refractivity contribution in [3.8, 4) is 0 Å². The fourth-order valence-electron chi connectivity index (χ4n) is 1.33. The van der Waals surface area contributed by atoms with Gasteiger partial charge in [-0.2, -0.15) is 0 Å². The number of hydrogen-bond donors (Lipinski definition) is 0. The quantitative estimate of drug-likeness (QED) is 0.725. The standard InChI is InChI=1S/C12H21NO2/c1-9(2)5-11-6-12(15-13-11)8-14-7-10(3)4/h6,9-10H,5,7-8H2,1-4H3. The van der Waals surface area contributed by atoms with Crippen LogP contribution in [0.4, 0.5) is 0 Å². The molecule has 0 spiro atoms. The van der Waals surface area contributed by atoms with Crippen molar-refractivity contribution in [3.05, 3.63) is 17.5 Å². The van der Waals surface area contributed by atoms with Crippen molar-refractivity contribution in [3.63, 3.8) is 0 Å². The maximum absolute atomic E-state index is 5.47. The molecule has 0 aliphatic heterocycles. The molecule has 0 aromatic carbocycles. The molecule has 15 heavy (non-hydrogen) atoms. The van der Waals surface area contributed by atoms with Gasteiger partial charge in [-0.1, -0.05) is 32.9 Å². The SMILES string of the molecule is CC(C)COCc1cc(CC(C)C)no1. The van der Waals surface area contributed by atoms with E-state index in [-0.39, 0.29) is 0 Å². The van der Waals surface area contributed by atoms with Gasteiger partial charge in [0.05, 0.1) is 5.69 Å². The van der Waals surface area contributed by atoms with Gasteiger partial charge in [0.15, 0.2) is 5.76 Å². The molecular formula is C12H21NO2. The fraction of sp³-hybridized carbons (Fsp3) is 0.750. The summed E-state index contributed by atoms with van der Waals surface area (Å²) in [5.41, 5.74) is 1.02. The second-order valence-electron chi connectivity index (χ2n) is 4.79. The molecule has 1 rings (SSSR count). The summed E-state index contributed by atoms with van der Waals surface area (Å²) in [7, 11) is 0. The molecule has 0 bridgehead atoms. The van der Waals surface area contributed by atoms with Crippen LogP contribution in [0.2, 0.25) is 0 Å². The minimum absolute atomic E-state index is 0.531. The zero-order chi connectivity index (χ0) is 11.3. The Bertz CT molecular complexity index is 279. The van der Waals surface area contributed by atoms with Gasteiger partial charge in [0.2, 0.25) is 0 Å². The summed E-state index contributed by atoms with van der Waals surface area (Å²) in [6, 6.07) is 1.99. The highest BCUT2D eigenvalue weighted by Gasteiger charge is 2.06. The summed E-state index contributed by atoms with van der Waals surface area (Å²) in [5.74, 6) is 1.99. The molecule has 0 saturated heterocycles. The maximum Gasteiger partial charge on any atom is 0.162 e. The number of hydrogen-bond acceptors (Lipinski definition) is 3. The van der Waals surface area contributed by atoms with Crippen LogP contribution in [0.5, 0.6) is 0 Å². The molecule has 1 heterocycles. The second-order valence-corrected chi connectivity index (χ2v) is 4.79. The Labute approximate surface area is 91.8 Å². The van der Waals surface area contributed by atoms with Crippen LogP contribution in [-0.2, 0) is 17.8 Å². The molecule has 0 aliphatic rings. The summed E-state index contributed by atoms with van der Waals surface area (Å²) in [6.07, 6.45) is 0.966. The average Bonchev–Trinajstić information content (AvgIpc) is 2.50. The summed E-state index contributed by atoms with van der Waals surface area (Å²) >= 11 is 0. The fourth-order valence-corrected chi connectivity index (χ4v) is 1.33. The highest BCUT2D eigenvalue weighted by atomic mass is 16.5. The highest BCUT2D eigenvalue weighted by Crippen LogP contribution is 2.10. The van der Waals surface area contributed by atoms with Crippen LogP contribution in [0, 0.1) is 11.8 Å². The van der Waals surface area contributed by atoms with E-state index in [0.29, 0.717) is 18.4 Å². The Kier molecular flexibility index (Phi) is 4.82. The van der Waals surface area contributed by atoms with E-state index in [1.807, 2.05) is 6.07 Å². The van der Waals surface area contributed by atoms with Crippen LogP contribution < -0.4 is 0 Å². The van der Waals surface area contributed by atoms with Crippen molar-refractivity contribution in [2.75, 3.05) is 6.61 Å². The molecule has 0 unspecified atom stereocenters. The van der Waals surface area contributed by atoms with E-state index in [4.69, 9.17) is 9.26 Å². The van der Waals surface area contributed by atoms with E-state index < -0.39 is 0 Å².